The number of aliphatic imine (C=N–C) groups is 1. The first-order valence-corrected chi connectivity index (χ1v) is 11.3. The number of amides is 1. The molecule has 0 unspecified atom stereocenters. The Morgan fingerprint density at radius 3 is 3.06 bits per heavy atom. The first kappa shape index (κ1) is 23.2. The van der Waals surface area contributed by atoms with E-state index in [1.165, 1.54) is 0 Å². The van der Waals surface area contributed by atoms with Crippen LogP contribution in [0.15, 0.2) is 60.0 Å². The van der Waals surface area contributed by atoms with Crippen molar-refractivity contribution in [3.63, 3.8) is 0 Å². The van der Waals surface area contributed by atoms with E-state index in [4.69, 9.17) is 15.5 Å². The Bertz CT molecular complexity index is 1250. The molecule has 1 atom stereocenters. The Hall–Kier alpha value is -3.98. The average Bonchev–Trinajstić information content (AvgIpc) is 3.51. The molecule has 3 heterocycles. The van der Waals surface area contributed by atoms with E-state index in [0.29, 0.717) is 29.4 Å². The zero-order valence-electron chi connectivity index (χ0n) is 19.4. The summed E-state index contributed by atoms with van der Waals surface area (Å²) in [5.41, 5.74) is 8.93. The van der Waals surface area contributed by atoms with Crippen LogP contribution in [0.4, 0.5) is 5.82 Å². The highest BCUT2D eigenvalue weighted by Crippen LogP contribution is 2.34. The molecule has 3 aromatic rings. The molecule has 9 nitrogen and oxygen atoms in total. The van der Waals surface area contributed by atoms with E-state index in [9.17, 15) is 4.79 Å². The highest BCUT2D eigenvalue weighted by molar-refractivity contribution is 5.99. The van der Waals surface area contributed by atoms with E-state index in [2.05, 4.69) is 20.6 Å². The van der Waals surface area contributed by atoms with Crippen LogP contribution >= 0.6 is 0 Å². The first-order chi connectivity index (χ1) is 16.6. The second-order valence-corrected chi connectivity index (χ2v) is 7.82. The van der Waals surface area contributed by atoms with Crippen molar-refractivity contribution in [1.29, 1.82) is 0 Å². The van der Waals surface area contributed by atoms with Gasteiger partial charge in [-0.3, -0.25) is 14.2 Å². The van der Waals surface area contributed by atoms with Crippen molar-refractivity contribution in [2.24, 2.45) is 4.99 Å². The molecule has 1 amide bonds. The van der Waals surface area contributed by atoms with E-state index in [-0.39, 0.29) is 11.9 Å². The molecule has 1 saturated heterocycles. The predicted octanol–water partition coefficient (Wildman–Crippen LogP) is 3.30. The SMILES string of the molecule is C/C=C\C=C/N=CCNC(=O)c1ccc(-c2nc([C@@H]3CCCN3)n3ccnc(N)c23)cc1OC. The van der Waals surface area contributed by atoms with Gasteiger partial charge in [0, 0.05) is 30.4 Å². The van der Waals surface area contributed by atoms with Gasteiger partial charge in [-0.05, 0) is 44.5 Å². The van der Waals surface area contributed by atoms with E-state index < -0.39 is 0 Å². The van der Waals surface area contributed by atoms with Crippen LogP contribution < -0.4 is 21.1 Å². The molecule has 2 aromatic heterocycles. The molecule has 4 N–H and O–H groups in total. The Labute approximate surface area is 198 Å². The Morgan fingerprint density at radius 2 is 2.29 bits per heavy atom. The van der Waals surface area contributed by atoms with Crippen molar-refractivity contribution in [3.8, 4) is 17.0 Å². The van der Waals surface area contributed by atoms with Crippen LogP contribution in [0.2, 0.25) is 0 Å². The van der Waals surface area contributed by atoms with Crippen molar-refractivity contribution < 1.29 is 9.53 Å². The molecule has 0 saturated carbocycles. The lowest BCUT2D eigenvalue weighted by atomic mass is 10.1. The molecule has 0 spiro atoms. The molecule has 4 rings (SSSR count). The number of nitrogens with one attached hydrogen (secondary N) is 2. The summed E-state index contributed by atoms with van der Waals surface area (Å²) in [4.78, 5) is 26.0. The van der Waals surface area contributed by atoms with Crippen LogP contribution in [0.1, 0.15) is 42.0 Å². The minimum absolute atomic E-state index is 0.157. The molecule has 1 aromatic carbocycles. The van der Waals surface area contributed by atoms with Crippen LogP contribution in [-0.2, 0) is 0 Å². The van der Waals surface area contributed by atoms with Gasteiger partial charge in [0.25, 0.3) is 5.91 Å². The highest BCUT2D eigenvalue weighted by Gasteiger charge is 2.25. The topological polar surface area (TPSA) is 119 Å². The lowest BCUT2D eigenvalue weighted by Gasteiger charge is -2.10. The van der Waals surface area contributed by atoms with Gasteiger partial charge >= 0.3 is 0 Å². The second kappa shape index (κ2) is 10.8. The number of carbonyl (C=O) groups is 1. The summed E-state index contributed by atoms with van der Waals surface area (Å²) >= 11 is 0. The summed E-state index contributed by atoms with van der Waals surface area (Å²) in [7, 11) is 1.54. The number of allylic oxidation sites excluding steroid dienone is 3. The lowest BCUT2D eigenvalue weighted by molar-refractivity contribution is 0.0956. The van der Waals surface area contributed by atoms with Crippen LogP contribution in [0.25, 0.3) is 16.8 Å². The Morgan fingerprint density at radius 1 is 1.41 bits per heavy atom. The second-order valence-electron chi connectivity index (χ2n) is 7.82. The van der Waals surface area contributed by atoms with Crippen LogP contribution in [0.5, 0.6) is 5.75 Å². The number of nitrogens with two attached hydrogens (primary N) is 1. The van der Waals surface area contributed by atoms with Gasteiger partial charge in [0.05, 0.1) is 25.3 Å². The van der Waals surface area contributed by atoms with Gasteiger partial charge in [-0.2, -0.15) is 0 Å². The third-order valence-electron chi connectivity index (χ3n) is 5.64. The summed E-state index contributed by atoms with van der Waals surface area (Å²) in [5.74, 6) is 1.50. The monoisotopic (exact) mass is 459 g/mol. The van der Waals surface area contributed by atoms with Crippen molar-refractivity contribution >= 4 is 23.5 Å². The number of methoxy groups -OCH3 is 1. The zero-order valence-corrected chi connectivity index (χ0v) is 19.4. The maximum Gasteiger partial charge on any atom is 0.255 e. The minimum atomic E-state index is -0.251. The predicted molar refractivity (Wildman–Crippen MR) is 134 cm³/mol. The van der Waals surface area contributed by atoms with E-state index >= 15 is 0 Å². The highest BCUT2D eigenvalue weighted by atomic mass is 16.5. The number of benzene rings is 1. The summed E-state index contributed by atoms with van der Waals surface area (Å²) < 4.78 is 7.54. The van der Waals surface area contributed by atoms with Crippen molar-refractivity contribution in [2.45, 2.75) is 25.8 Å². The number of hydrogen-bond donors (Lipinski definition) is 3. The normalized spacial score (nSPS) is 16.4. The zero-order chi connectivity index (χ0) is 23.9. The molecule has 0 aliphatic carbocycles. The molecule has 0 radical (unpaired) electrons. The molecule has 1 aliphatic rings. The average molecular weight is 460 g/mol. The number of nitrogens with zero attached hydrogens (tertiary/aromatic N) is 4. The van der Waals surface area contributed by atoms with Crippen LogP contribution in [-0.4, -0.2) is 46.7 Å². The molecule has 9 heteroatoms. The van der Waals surface area contributed by atoms with Crippen molar-refractivity contribution in [1.82, 2.24) is 25.0 Å². The maximum absolute atomic E-state index is 12.7. The number of fused-ring (bicyclic) bond motifs is 1. The number of rotatable bonds is 8. The number of hydrogen-bond acceptors (Lipinski definition) is 7. The molecule has 1 fully saturated rings. The number of ether oxygens (including phenoxy) is 1. The third-order valence-corrected chi connectivity index (χ3v) is 5.64. The van der Waals surface area contributed by atoms with Gasteiger partial charge < -0.3 is 21.1 Å². The molecule has 1 aliphatic heterocycles. The van der Waals surface area contributed by atoms with Gasteiger partial charge in [-0.25, -0.2) is 9.97 Å². The number of carbonyl (C=O) groups excluding carboxylic acids is 1. The summed E-state index contributed by atoms with van der Waals surface area (Å²) in [5, 5.41) is 6.32. The van der Waals surface area contributed by atoms with E-state index in [0.717, 1.165) is 36.3 Å². The number of imidazole rings is 1. The fourth-order valence-corrected chi connectivity index (χ4v) is 4.02. The Kier molecular flexibility index (Phi) is 7.34. The molecule has 176 valence electrons. The standard InChI is InChI=1S/C25H29N7O2/c1-3-4-5-10-27-12-13-30-25(33)18-9-8-17(16-20(18)34-2)21-22-23(26)29-14-15-32(22)24(31-21)19-7-6-11-28-19/h3-5,8-10,12,14-16,19,28H,6-7,11,13H2,1-2H3,(H2,26,29)(H,30,33)/b4-3-,10-5-,27-12?/t19-/m0/s1. The molecule has 0 bridgehead atoms. The van der Waals surface area contributed by atoms with Gasteiger partial charge in [-0.1, -0.05) is 18.2 Å². The van der Waals surface area contributed by atoms with Crippen LogP contribution in [0.3, 0.4) is 0 Å². The largest absolute Gasteiger partial charge is 0.496 e. The van der Waals surface area contributed by atoms with Gasteiger partial charge in [0.2, 0.25) is 0 Å². The Balaban J connectivity index is 1.61. The van der Waals surface area contributed by atoms with E-state index in [1.807, 2.05) is 47.9 Å². The quantitative estimate of drug-likeness (QED) is 0.351. The molecular formula is C25H29N7O2. The van der Waals surface area contributed by atoms with E-state index in [1.54, 1.807) is 31.8 Å². The fraction of sp³-hybridized carbons (Fsp3) is 0.280. The maximum atomic E-state index is 12.7. The van der Waals surface area contributed by atoms with Crippen molar-refractivity contribution in [2.75, 3.05) is 25.9 Å². The van der Waals surface area contributed by atoms with Gasteiger partial charge in [0.15, 0.2) is 0 Å². The van der Waals surface area contributed by atoms with Crippen LogP contribution in [0, 0.1) is 0 Å². The smallest absolute Gasteiger partial charge is 0.255 e. The summed E-state index contributed by atoms with van der Waals surface area (Å²) in [6.07, 6.45) is 14.6. The third kappa shape index (κ3) is 4.84. The molecular weight excluding hydrogens is 430 g/mol. The molecule has 34 heavy (non-hydrogen) atoms. The number of nitrogen functional groups attached to an aromatic ring is 1. The van der Waals surface area contributed by atoms with Gasteiger partial charge in [0.1, 0.15) is 28.6 Å². The minimum Gasteiger partial charge on any atom is -0.496 e. The number of anilines is 1. The first-order valence-electron chi connectivity index (χ1n) is 11.3. The summed E-state index contributed by atoms with van der Waals surface area (Å²) in [6.45, 7) is 3.19. The van der Waals surface area contributed by atoms with Crippen molar-refractivity contribution in [3.05, 3.63) is 66.4 Å². The lowest BCUT2D eigenvalue weighted by Crippen LogP contribution is -2.25. The fourth-order valence-electron chi connectivity index (χ4n) is 4.02. The number of aromatic nitrogens is 3. The summed E-state index contributed by atoms with van der Waals surface area (Å²) in [6, 6.07) is 5.55. The van der Waals surface area contributed by atoms with Gasteiger partial charge in [-0.15, -0.1) is 0 Å².